The van der Waals surface area contributed by atoms with Gasteiger partial charge in [-0.3, -0.25) is 14.9 Å². The van der Waals surface area contributed by atoms with Gasteiger partial charge in [-0.05, 0) is 6.07 Å². The van der Waals surface area contributed by atoms with Crippen LogP contribution in [0.3, 0.4) is 0 Å². The highest BCUT2D eigenvalue weighted by Crippen LogP contribution is 2.27. The van der Waals surface area contributed by atoms with Gasteiger partial charge in [0.2, 0.25) is 5.82 Å². The minimum absolute atomic E-state index is 0.0107. The van der Waals surface area contributed by atoms with E-state index in [0.29, 0.717) is 5.03 Å². The largest absolute Gasteiger partial charge is 0.481 e. The molecule has 0 bridgehead atoms. The first-order valence-corrected chi connectivity index (χ1v) is 5.57. The third-order valence-electron chi connectivity index (χ3n) is 1.86. The number of hydrogen-bond acceptors (Lipinski definition) is 6. The number of carbonyl (C=O) groups is 1. The van der Waals surface area contributed by atoms with E-state index in [1.165, 1.54) is 23.9 Å². The molecule has 0 aromatic carbocycles. The number of pyridine rings is 1. The molecule has 0 aliphatic carbocycles. The molecule has 17 heavy (non-hydrogen) atoms. The van der Waals surface area contributed by atoms with Crippen molar-refractivity contribution in [2.45, 2.75) is 23.6 Å². The van der Waals surface area contributed by atoms with E-state index in [0.717, 1.165) is 0 Å². The van der Waals surface area contributed by atoms with Crippen LogP contribution in [0.5, 0.6) is 0 Å². The van der Waals surface area contributed by atoms with Crippen LogP contribution in [0.25, 0.3) is 0 Å². The molecule has 1 aromatic heterocycles. The van der Waals surface area contributed by atoms with Gasteiger partial charge in [0.1, 0.15) is 0 Å². The molecule has 92 valence electrons. The second-order valence-corrected chi connectivity index (χ2v) is 4.80. The molecule has 0 radical (unpaired) electrons. The van der Waals surface area contributed by atoms with Gasteiger partial charge in [0.15, 0.2) is 0 Å². The number of rotatable bonds is 5. The fourth-order valence-electron chi connectivity index (χ4n) is 1.16. The number of thioether (sulfide) groups is 1. The zero-order valence-corrected chi connectivity index (χ0v) is 9.81. The van der Waals surface area contributed by atoms with Crippen molar-refractivity contribution in [2.75, 3.05) is 5.73 Å². The third-order valence-corrected chi connectivity index (χ3v) is 2.90. The lowest BCUT2D eigenvalue weighted by Gasteiger charge is -2.07. The minimum Gasteiger partial charge on any atom is -0.481 e. The highest BCUT2D eigenvalue weighted by atomic mass is 32.2. The zero-order chi connectivity index (χ0) is 13.0. The van der Waals surface area contributed by atoms with Crippen molar-refractivity contribution >= 4 is 29.2 Å². The van der Waals surface area contributed by atoms with Crippen LogP contribution in [0.4, 0.5) is 11.5 Å². The molecule has 0 spiro atoms. The quantitative estimate of drug-likeness (QED) is 0.466. The highest BCUT2D eigenvalue weighted by Gasteiger charge is 2.15. The number of nitrogen functional groups attached to an aromatic ring is 1. The molecule has 1 heterocycles. The Kier molecular flexibility index (Phi) is 4.27. The minimum atomic E-state index is -0.903. The Balaban J connectivity index is 2.77. The van der Waals surface area contributed by atoms with Gasteiger partial charge in [-0.1, -0.05) is 6.92 Å². The van der Waals surface area contributed by atoms with Crippen molar-refractivity contribution in [3.63, 3.8) is 0 Å². The molecule has 0 saturated carbocycles. The van der Waals surface area contributed by atoms with E-state index in [2.05, 4.69) is 4.98 Å². The van der Waals surface area contributed by atoms with Crippen LogP contribution in [0.15, 0.2) is 17.2 Å². The van der Waals surface area contributed by atoms with Crippen molar-refractivity contribution < 1.29 is 14.8 Å². The van der Waals surface area contributed by atoms with Gasteiger partial charge in [-0.2, -0.15) is 0 Å². The summed E-state index contributed by atoms with van der Waals surface area (Å²) in [5, 5.41) is 19.4. The molecule has 8 heteroatoms. The van der Waals surface area contributed by atoms with Crippen LogP contribution < -0.4 is 5.73 Å². The summed E-state index contributed by atoms with van der Waals surface area (Å²) in [4.78, 5) is 24.2. The molecule has 1 rings (SSSR count). The molecular weight excluding hydrogens is 246 g/mol. The maximum atomic E-state index is 10.5. The molecule has 1 atom stereocenters. The fraction of sp³-hybridized carbons (Fsp3) is 0.333. The summed E-state index contributed by atoms with van der Waals surface area (Å²) in [6, 6.07) is 2.72. The molecule has 0 fully saturated rings. The highest BCUT2D eigenvalue weighted by molar-refractivity contribution is 7.99. The number of carboxylic acid groups (broad SMARTS) is 1. The Morgan fingerprint density at radius 1 is 1.71 bits per heavy atom. The van der Waals surface area contributed by atoms with Gasteiger partial charge in [0.25, 0.3) is 0 Å². The van der Waals surface area contributed by atoms with E-state index < -0.39 is 10.9 Å². The number of hydrogen-bond donors (Lipinski definition) is 2. The van der Waals surface area contributed by atoms with Crippen molar-refractivity contribution in [1.82, 2.24) is 4.98 Å². The Morgan fingerprint density at radius 3 is 2.82 bits per heavy atom. The SMILES string of the molecule is CC(CC(=O)O)Sc1ccc([N+](=O)[O-])c(N)n1. The van der Waals surface area contributed by atoms with Gasteiger partial charge >= 0.3 is 11.7 Å². The van der Waals surface area contributed by atoms with Gasteiger partial charge in [0, 0.05) is 11.3 Å². The van der Waals surface area contributed by atoms with Crippen LogP contribution in [0.2, 0.25) is 0 Å². The van der Waals surface area contributed by atoms with E-state index in [9.17, 15) is 14.9 Å². The average molecular weight is 257 g/mol. The summed E-state index contributed by atoms with van der Waals surface area (Å²) >= 11 is 1.21. The van der Waals surface area contributed by atoms with E-state index >= 15 is 0 Å². The number of nitro groups is 1. The number of nitrogens with two attached hydrogens (primary N) is 1. The van der Waals surface area contributed by atoms with Crippen LogP contribution >= 0.6 is 11.8 Å². The summed E-state index contributed by atoms with van der Waals surface area (Å²) in [5.41, 5.74) is 5.17. The van der Waals surface area contributed by atoms with Crippen LogP contribution in [-0.2, 0) is 4.79 Å². The van der Waals surface area contributed by atoms with E-state index in [1.807, 2.05) is 0 Å². The van der Waals surface area contributed by atoms with E-state index in [1.54, 1.807) is 6.92 Å². The summed E-state index contributed by atoms with van der Waals surface area (Å²) in [6.07, 6.45) is -0.0107. The van der Waals surface area contributed by atoms with E-state index in [-0.39, 0.29) is 23.2 Å². The zero-order valence-electron chi connectivity index (χ0n) is 8.99. The average Bonchev–Trinajstić information content (AvgIpc) is 2.15. The molecule has 0 aliphatic heterocycles. The summed E-state index contributed by atoms with van der Waals surface area (Å²) in [5.74, 6) is -1.07. The van der Waals surface area contributed by atoms with Crippen molar-refractivity contribution in [3.8, 4) is 0 Å². The monoisotopic (exact) mass is 257 g/mol. The lowest BCUT2D eigenvalue weighted by molar-refractivity contribution is -0.384. The molecular formula is C9H11N3O4S. The van der Waals surface area contributed by atoms with Gasteiger partial charge in [-0.15, -0.1) is 11.8 Å². The number of aromatic nitrogens is 1. The lowest BCUT2D eigenvalue weighted by Crippen LogP contribution is -2.06. The summed E-state index contributed by atoms with van der Waals surface area (Å²) < 4.78 is 0. The van der Waals surface area contributed by atoms with Crippen molar-refractivity contribution in [1.29, 1.82) is 0 Å². The second kappa shape index (κ2) is 5.48. The summed E-state index contributed by atoms with van der Waals surface area (Å²) in [7, 11) is 0. The molecule has 0 aliphatic rings. The van der Waals surface area contributed by atoms with Crippen LogP contribution in [0.1, 0.15) is 13.3 Å². The van der Waals surface area contributed by atoms with Crippen LogP contribution in [0, 0.1) is 10.1 Å². The number of nitrogens with zero attached hydrogens (tertiary/aromatic N) is 2. The maximum absolute atomic E-state index is 10.5. The normalized spacial score (nSPS) is 12.1. The number of anilines is 1. The van der Waals surface area contributed by atoms with Gasteiger partial charge in [0.05, 0.1) is 16.4 Å². The fourth-order valence-corrected chi connectivity index (χ4v) is 2.10. The molecule has 0 saturated heterocycles. The van der Waals surface area contributed by atoms with Crippen molar-refractivity contribution in [3.05, 3.63) is 22.2 Å². The molecule has 3 N–H and O–H groups in total. The first kappa shape index (κ1) is 13.2. The smallest absolute Gasteiger partial charge is 0.311 e. The van der Waals surface area contributed by atoms with E-state index in [4.69, 9.17) is 10.8 Å². The Morgan fingerprint density at radius 2 is 2.35 bits per heavy atom. The van der Waals surface area contributed by atoms with Gasteiger partial charge < -0.3 is 10.8 Å². The predicted octanol–water partition coefficient (Wildman–Crippen LogP) is 1.53. The maximum Gasteiger partial charge on any atom is 0.311 e. The second-order valence-electron chi connectivity index (χ2n) is 3.34. The lowest BCUT2D eigenvalue weighted by atomic mass is 10.3. The topological polar surface area (TPSA) is 119 Å². The van der Waals surface area contributed by atoms with Crippen molar-refractivity contribution in [2.24, 2.45) is 0 Å². The molecule has 7 nitrogen and oxygen atoms in total. The summed E-state index contributed by atoms with van der Waals surface area (Å²) in [6.45, 7) is 1.73. The third kappa shape index (κ3) is 3.91. The standard InChI is InChI=1S/C9H11N3O4S/c1-5(4-8(13)14)17-7-3-2-6(12(15)16)9(10)11-7/h2-3,5H,4H2,1H3,(H2,10,11)(H,13,14). The van der Waals surface area contributed by atoms with Gasteiger partial charge in [-0.25, -0.2) is 4.98 Å². The Hall–Kier alpha value is -1.83. The molecule has 0 amide bonds. The predicted molar refractivity (Wildman–Crippen MR) is 62.9 cm³/mol. The first-order chi connectivity index (χ1) is 7.90. The first-order valence-electron chi connectivity index (χ1n) is 4.69. The molecule has 1 aromatic rings. The Bertz CT molecular complexity index is 452. The molecule has 1 unspecified atom stereocenters. The Labute approximate surface area is 101 Å². The number of aliphatic carboxylic acids is 1. The number of carboxylic acids is 1. The van der Waals surface area contributed by atoms with Crippen LogP contribution in [-0.4, -0.2) is 26.2 Å².